The van der Waals surface area contributed by atoms with Crippen LogP contribution in [0.4, 0.5) is 87.8 Å². The van der Waals surface area contributed by atoms with Crippen LogP contribution in [0.25, 0.3) is 0 Å². The summed E-state index contributed by atoms with van der Waals surface area (Å²) >= 11 is 0. The van der Waals surface area contributed by atoms with Gasteiger partial charge in [-0.3, -0.25) is 4.79 Å². The third kappa shape index (κ3) is 8.68. The van der Waals surface area contributed by atoms with Crippen LogP contribution in [-0.4, -0.2) is 35.1 Å². The maximum absolute atomic E-state index is 15.4. The maximum Gasteiger partial charge on any atom is 0.200 e. The van der Waals surface area contributed by atoms with Gasteiger partial charge in [-0.1, -0.05) is 51.1 Å². The summed E-state index contributed by atoms with van der Waals surface area (Å²) < 4.78 is 294. The van der Waals surface area contributed by atoms with E-state index in [0.29, 0.717) is 22.8 Å². The second kappa shape index (κ2) is 20.6. The number of Topliss-reactive ketones (excluding diaryl/α,β-unsaturated/α-hetero) is 1. The van der Waals surface area contributed by atoms with E-state index in [1.165, 1.54) is 19.3 Å². The normalized spacial score (nSPS) is 14.1. The first-order valence-electron chi connectivity index (χ1n) is 19.8. The topological polar surface area (TPSA) is 17.1 Å². The van der Waals surface area contributed by atoms with Crippen LogP contribution in [-0.2, 0) is 0 Å². The van der Waals surface area contributed by atoms with Crippen molar-refractivity contribution >= 4 is 41.0 Å². The lowest BCUT2D eigenvalue weighted by molar-refractivity contribution is 0.102. The number of rotatable bonds is 13. The molecule has 0 amide bonds. The Labute approximate surface area is 369 Å². The van der Waals surface area contributed by atoms with Crippen LogP contribution in [0.1, 0.15) is 71.2 Å². The molecule has 364 valence electrons. The van der Waals surface area contributed by atoms with Crippen molar-refractivity contribution in [2.45, 2.75) is 77.8 Å². The number of benzene rings is 5. The van der Waals surface area contributed by atoms with Gasteiger partial charge in [0, 0.05) is 12.8 Å². The average Bonchev–Trinajstić information content (AvgIpc) is 3.32. The van der Waals surface area contributed by atoms with Crippen LogP contribution in [0.5, 0.6) is 0 Å². The van der Waals surface area contributed by atoms with Gasteiger partial charge >= 0.3 is 0 Å². The Kier molecular flexibility index (Phi) is 16.8. The molecule has 3 atom stereocenters. The highest BCUT2D eigenvalue weighted by molar-refractivity contribution is 7.78. The van der Waals surface area contributed by atoms with Crippen molar-refractivity contribution in [2.24, 2.45) is 0 Å². The van der Waals surface area contributed by atoms with E-state index in [0.717, 1.165) is 11.7 Å². The van der Waals surface area contributed by atoms with Gasteiger partial charge in [-0.2, -0.15) is 0 Å². The van der Waals surface area contributed by atoms with E-state index in [1.54, 1.807) is 0 Å². The Morgan fingerprint density at radius 1 is 0.373 bits per heavy atom. The van der Waals surface area contributed by atoms with Crippen molar-refractivity contribution in [3.8, 4) is 0 Å². The molecule has 23 heteroatoms. The van der Waals surface area contributed by atoms with Crippen LogP contribution < -0.4 is 21.9 Å². The molecule has 0 fully saturated rings. The van der Waals surface area contributed by atoms with Crippen molar-refractivity contribution in [2.75, 3.05) is 6.16 Å². The van der Waals surface area contributed by atoms with E-state index in [2.05, 4.69) is 41.5 Å². The van der Waals surface area contributed by atoms with E-state index in [1.807, 2.05) is 30.3 Å². The second-order valence-corrected chi connectivity index (χ2v) is 20.5. The Balaban J connectivity index is 0.000000374. The average molecular weight is 1000 g/mol. The molecule has 0 aliphatic heterocycles. The minimum Gasteiger partial charge on any atom is -0.290 e. The van der Waals surface area contributed by atoms with Crippen LogP contribution in [0, 0.1) is 116 Å². The SMILES string of the molecule is CCC(C)[P+](CC(=O)c1ccccc1)(C(C)CC)C(C)CC.Fc1c(F)c(F)c([B-](c2c(F)c(F)c(F)c(F)c2F)(c2c(F)c(F)c(F)c(F)c2F)c2c(F)c(F)c(F)c(F)c2F)c(F)c1F. The third-order valence-electron chi connectivity index (χ3n) is 12.5. The zero-order chi connectivity index (χ0) is 51.1. The first-order valence-corrected chi connectivity index (χ1v) is 22.0. The summed E-state index contributed by atoms with van der Waals surface area (Å²) in [4.78, 5) is 12.9. The largest absolute Gasteiger partial charge is 0.290 e. The molecule has 0 saturated carbocycles. The van der Waals surface area contributed by atoms with Crippen LogP contribution >= 0.6 is 7.26 Å². The molecule has 5 rings (SSSR count). The Hall–Kier alpha value is -5.14. The van der Waals surface area contributed by atoms with Gasteiger partial charge in [0.15, 0.2) is 75.6 Å². The number of hydrogen-bond acceptors (Lipinski definition) is 1. The van der Waals surface area contributed by atoms with Crippen molar-refractivity contribution in [1.82, 2.24) is 0 Å². The van der Waals surface area contributed by atoms with Gasteiger partial charge in [-0.15, -0.1) is 21.9 Å². The molecule has 5 aromatic carbocycles. The smallest absolute Gasteiger partial charge is 0.200 e. The predicted molar refractivity (Wildman–Crippen MR) is 211 cm³/mol. The molecule has 0 N–H and O–H groups in total. The minimum absolute atomic E-state index is 0.356. The molecule has 3 unspecified atom stereocenters. The third-order valence-corrected chi connectivity index (χ3v) is 19.3. The Bertz CT molecular complexity index is 2310. The number of halogens is 20. The van der Waals surface area contributed by atoms with E-state index in [-0.39, 0.29) is 0 Å². The van der Waals surface area contributed by atoms with Crippen molar-refractivity contribution in [3.05, 3.63) is 152 Å². The number of hydrogen-bond donors (Lipinski definition) is 0. The fourth-order valence-corrected chi connectivity index (χ4v) is 14.9. The summed E-state index contributed by atoms with van der Waals surface area (Å²) in [6.07, 6.45) is -2.87. The fourth-order valence-electron chi connectivity index (χ4n) is 8.63. The summed E-state index contributed by atoms with van der Waals surface area (Å²) in [6.45, 7) is 14.0. The molecule has 0 bridgehead atoms. The number of carbonyl (C=O) groups is 1. The van der Waals surface area contributed by atoms with E-state index in [4.69, 9.17) is 0 Å². The first-order chi connectivity index (χ1) is 31.1. The number of carbonyl (C=O) groups excluding carboxylic acids is 1. The van der Waals surface area contributed by atoms with E-state index < -0.39 is 152 Å². The fraction of sp³-hybridized carbons (Fsp3) is 0.295. The molecular formula is C44H34BF20OP. The molecule has 5 aromatic rings. The lowest BCUT2D eigenvalue weighted by Gasteiger charge is -2.44. The molecule has 67 heavy (non-hydrogen) atoms. The molecule has 0 radical (unpaired) electrons. The summed E-state index contributed by atoms with van der Waals surface area (Å²) in [5, 5.41) is 0. The molecule has 0 aliphatic carbocycles. The van der Waals surface area contributed by atoms with Crippen molar-refractivity contribution in [1.29, 1.82) is 0 Å². The van der Waals surface area contributed by atoms with Crippen molar-refractivity contribution < 1.29 is 92.6 Å². The summed E-state index contributed by atoms with van der Waals surface area (Å²) in [5.74, 6) is -71.0. The van der Waals surface area contributed by atoms with Crippen LogP contribution in [0.3, 0.4) is 0 Å². The highest BCUT2D eigenvalue weighted by Crippen LogP contribution is 2.72. The van der Waals surface area contributed by atoms with Crippen LogP contribution in [0.15, 0.2) is 30.3 Å². The lowest BCUT2D eigenvalue weighted by atomic mass is 9.12. The van der Waals surface area contributed by atoms with Gasteiger partial charge < -0.3 is 0 Å². The molecule has 0 aromatic heterocycles. The summed E-state index contributed by atoms with van der Waals surface area (Å²) in [6, 6.07) is 9.88. The van der Waals surface area contributed by atoms with Crippen molar-refractivity contribution in [3.63, 3.8) is 0 Å². The van der Waals surface area contributed by atoms with E-state index >= 15 is 35.1 Å². The van der Waals surface area contributed by atoms with Gasteiger partial charge in [-0.05, 0) is 40.0 Å². The maximum atomic E-state index is 15.4. The van der Waals surface area contributed by atoms with Gasteiger partial charge in [0.2, 0.25) is 0 Å². The van der Waals surface area contributed by atoms with E-state index in [9.17, 15) is 57.5 Å². The first kappa shape index (κ1) is 54.5. The summed E-state index contributed by atoms with van der Waals surface area (Å²) in [7, 11) is -1.34. The van der Waals surface area contributed by atoms with Gasteiger partial charge in [0.25, 0.3) is 0 Å². The molecule has 0 aliphatic rings. The Morgan fingerprint density at radius 3 is 0.761 bits per heavy atom. The molecule has 1 nitrogen and oxygen atoms in total. The lowest BCUT2D eigenvalue weighted by Crippen LogP contribution is -2.81. The zero-order valence-corrected chi connectivity index (χ0v) is 36.3. The molecular weight excluding hydrogens is 966 g/mol. The van der Waals surface area contributed by atoms with Gasteiger partial charge in [-0.25, -0.2) is 87.8 Å². The highest BCUT2D eigenvalue weighted by atomic mass is 31.2. The van der Waals surface area contributed by atoms with Gasteiger partial charge in [0.05, 0.1) is 17.0 Å². The highest BCUT2D eigenvalue weighted by Gasteiger charge is 2.54. The molecule has 0 heterocycles. The van der Waals surface area contributed by atoms with Gasteiger partial charge in [0.1, 0.15) is 58.8 Å². The Morgan fingerprint density at radius 2 is 0.567 bits per heavy atom. The quantitative estimate of drug-likeness (QED) is 0.0287. The molecule has 0 saturated heterocycles. The minimum atomic E-state index is -7.22. The second-order valence-electron chi connectivity index (χ2n) is 15.5. The zero-order valence-electron chi connectivity index (χ0n) is 35.4. The molecule has 0 spiro atoms. The standard InChI is InChI=1S/C24BF20.C20H34OP/c26-5-1(6(27)14(35)21(42)13(5)34)25(2-7(28)15(36)22(43)16(37)8(2)29,3-9(30)17(38)23(44)18(39)10(3)31)4-11(32)19(40)24(45)20(41)12(4)33;1-7-16(4)22(17(5)8-2,18(6)9-3)15-20(21)19-13-11-10-12-14-19/h;10-14,16-18H,7-9,15H2,1-6H3/q-1;+1. The predicted octanol–water partition coefficient (Wildman–Crippen LogP) is 12.1. The van der Waals surface area contributed by atoms with Crippen LogP contribution in [0.2, 0.25) is 0 Å². The summed E-state index contributed by atoms with van der Waals surface area (Å²) in [5.41, 5.74) is -11.4. The monoisotopic (exact) mass is 1000 g/mol. The number of ketones is 1.